The largest absolute Gasteiger partial charge is 0.495 e. The van der Waals surface area contributed by atoms with Crippen LogP contribution in [0.1, 0.15) is 12.8 Å². The van der Waals surface area contributed by atoms with E-state index in [9.17, 15) is 9.59 Å². The molecule has 1 atom stereocenters. The number of anilines is 1. The molecule has 0 radical (unpaired) electrons. The van der Waals surface area contributed by atoms with E-state index in [1.54, 1.807) is 39.7 Å². The lowest BCUT2D eigenvalue weighted by atomic mass is 10.0. The number of carboxylic acid groups (broad SMARTS) is 1. The molecule has 1 amide bonds. The van der Waals surface area contributed by atoms with Crippen LogP contribution in [0.4, 0.5) is 5.69 Å². The first-order valence-electron chi connectivity index (χ1n) is 10.6. The van der Waals surface area contributed by atoms with Gasteiger partial charge in [-0.05, 0) is 41.4 Å². The maximum atomic E-state index is 12.6. The minimum Gasteiger partial charge on any atom is -0.495 e. The minimum absolute atomic E-state index is 0.128. The van der Waals surface area contributed by atoms with E-state index in [4.69, 9.17) is 24.1 Å². The first-order chi connectivity index (χ1) is 16.8. The third-order valence-corrected chi connectivity index (χ3v) is 6.19. The van der Waals surface area contributed by atoms with Crippen LogP contribution in [0.2, 0.25) is 0 Å². The van der Waals surface area contributed by atoms with Gasteiger partial charge >= 0.3 is 5.97 Å². The summed E-state index contributed by atoms with van der Waals surface area (Å²) in [6.45, 7) is 0. The van der Waals surface area contributed by atoms with Gasteiger partial charge in [0.15, 0.2) is 17.5 Å². The molecule has 0 aliphatic rings. The molecule has 0 aliphatic heterocycles. The number of rotatable bonds is 11. The van der Waals surface area contributed by atoms with Gasteiger partial charge in [0.1, 0.15) is 5.75 Å². The quantitative estimate of drug-likeness (QED) is 0.363. The van der Waals surface area contributed by atoms with Crippen LogP contribution >= 0.6 is 11.5 Å². The number of aromatic nitrogens is 1. The van der Waals surface area contributed by atoms with Crippen LogP contribution in [0.5, 0.6) is 23.0 Å². The number of benzene rings is 2. The van der Waals surface area contributed by atoms with Gasteiger partial charge in [0.2, 0.25) is 5.75 Å². The van der Waals surface area contributed by atoms with Gasteiger partial charge in [-0.3, -0.25) is 9.59 Å². The number of quaternary nitrogens is 1. The fourth-order valence-electron chi connectivity index (χ4n) is 3.50. The number of aliphatic carboxylic acids is 1. The van der Waals surface area contributed by atoms with Crippen LogP contribution in [-0.2, 0) is 9.59 Å². The summed E-state index contributed by atoms with van der Waals surface area (Å²) in [6, 6.07) is 8.37. The number of methoxy groups -OCH3 is 4. The highest BCUT2D eigenvalue weighted by atomic mass is 32.1. The number of hydrogen-bond donors (Lipinski definition) is 3. The molecule has 0 saturated heterocycles. The maximum Gasteiger partial charge on any atom is 0.303 e. The molecular formula is C24H28N3O7S+. The topological polar surface area (TPSA) is 144 Å². The van der Waals surface area contributed by atoms with E-state index < -0.39 is 17.9 Å². The molecule has 0 unspecified atom stereocenters. The third-order valence-electron chi connectivity index (χ3n) is 5.34. The molecule has 3 rings (SSSR count). The lowest BCUT2D eigenvalue weighted by molar-refractivity contribution is -0.403. The van der Waals surface area contributed by atoms with Crippen LogP contribution < -0.4 is 30.0 Å². The molecular weight excluding hydrogens is 474 g/mol. The second-order valence-corrected chi connectivity index (χ2v) is 8.32. The zero-order valence-electron chi connectivity index (χ0n) is 19.9. The van der Waals surface area contributed by atoms with Crippen LogP contribution in [0.3, 0.4) is 0 Å². The highest BCUT2D eigenvalue weighted by Gasteiger charge is 2.22. The van der Waals surface area contributed by atoms with Gasteiger partial charge in [-0.15, -0.1) is 0 Å². The fourth-order valence-corrected chi connectivity index (χ4v) is 4.26. The van der Waals surface area contributed by atoms with Gasteiger partial charge in [0, 0.05) is 23.7 Å². The minimum atomic E-state index is -0.977. The number of carboxylic acids is 1. The van der Waals surface area contributed by atoms with Crippen molar-refractivity contribution < 1.29 is 39.4 Å². The second kappa shape index (κ2) is 11.5. The maximum absolute atomic E-state index is 12.6. The van der Waals surface area contributed by atoms with Crippen molar-refractivity contribution in [3.8, 4) is 44.6 Å². The van der Waals surface area contributed by atoms with Crippen LogP contribution in [-0.4, -0.2) is 55.8 Å². The van der Waals surface area contributed by atoms with E-state index in [1.165, 1.54) is 18.6 Å². The number of nitrogens with zero attached hydrogens (tertiary/aromatic N) is 1. The van der Waals surface area contributed by atoms with E-state index in [-0.39, 0.29) is 12.8 Å². The van der Waals surface area contributed by atoms with E-state index >= 15 is 0 Å². The molecule has 186 valence electrons. The summed E-state index contributed by atoms with van der Waals surface area (Å²) in [4.78, 5) is 24.3. The average molecular weight is 503 g/mol. The molecule has 11 heteroatoms. The number of carbonyl (C=O) groups is 2. The standard InChI is InChI=1S/C24H27N3O7S/c1-31-18-7-5-13(9-17(18)27-24(30)16(25)6-8-21(28)29)15-12-26-35-23(15)14-10-19(32-2)22(34-4)20(11-14)33-3/h5,7,9-12,16H,6,8,25H2,1-4H3,(H,27,30)(H,28,29)/p+1/t16-/m1/s1. The molecule has 0 bridgehead atoms. The number of carbonyl (C=O) groups excluding carboxylic acids is 1. The van der Waals surface area contributed by atoms with Crippen LogP contribution in [0.15, 0.2) is 36.5 Å². The first kappa shape index (κ1) is 25.8. The number of nitrogens with one attached hydrogen (secondary N) is 1. The molecule has 0 fully saturated rings. The van der Waals surface area contributed by atoms with Gasteiger partial charge in [0.05, 0.1) is 45.4 Å². The van der Waals surface area contributed by atoms with E-state index in [0.29, 0.717) is 28.7 Å². The first-order valence-corrected chi connectivity index (χ1v) is 11.4. The summed E-state index contributed by atoms with van der Waals surface area (Å²) < 4.78 is 26.2. The van der Waals surface area contributed by atoms with Crippen molar-refractivity contribution in [3.05, 3.63) is 36.5 Å². The molecule has 0 aliphatic carbocycles. The fraction of sp³-hybridized carbons (Fsp3) is 0.292. The summed E-state index contributed by atoms with van der Waals surface area (Å²) in [7, 11) is 6.16. The Balaban J connectivity index is 1.98. The Morgan fingerprint density at radius 1 is 1.00 bits per heavy atom. The van der Waals surface area contributed by atoms with E-state index in [1.807, 2.05) is 18.2 Å². The Morgan fingerprint density at radius 3 is 2.23 bits per heavy atom. The average Bonchev–Trinajstić information content (AvgIpc) is 3.36. The van der Waals surface area contributed by atoms with Crippen molar-refractivity contribution in [2.24, 2.45) is 0 Å². The highest BCUT2D eigenvalue weighted by molar-refractivity contribution is 7.10. The summed E-state index contributed by atoms with van der Waals surface area (Å²) in [5.41, 5.74) is 6.67. The zero-order valence-corrected chi connectivity index (χ0v) is 20.7. The van der Waals surface area contributed by atoms with Crippen molar-refractivity contribution in [1.29, 1.82) is 0 Å². The number of ether oxygens (including phenoxy) is 4. The molecule has 2 aromatic carbocycles. The van der Waals surface area contributed by atoms with Crippen molar-refractivity contribution in [2.45, 2.75) is 18.9 Å². The normalized spacial score (nSPS) is 11.5. The van der Waals surface area contributed by atoms with Gasteiger partial charge < -0.3 is 35.1 Å². The van der Waals surface area contributed by atoms with Crippen molar-refractivity contribution in [2.75, 3.05) is 33.8 Å². The molecule has 5 N–H and O–H groups in total. The monoisotopic (exact) mass is 502 g/mol. The lowest BCUT2D eigenvalue weighted by Crippen LogP contribution is -2.66. The summed E-state index contributed by atoms with van der Waals surface area (Å²) in [5.74, 6) is 0.624. The second-order valence-electron chi connectivity index (χ2n) is 7.52. The van der Waals surface area contributed by atoms with Crippen molar-refractivity contribution in [1.82, 2.24) is 4.37 Å². The molecule has 1 aromatic heterocycles. The molecule has 3 aromatic rings. The highest BCUT2D eigenvalue weighted by Crippen LogP contribution is 2.45. The Morgan fingerprint density at radius 2 is 1.66 bits per heavy atom. The summed E-state index contributed by atoms with van der Waals surface area (Å²) in [5, 5.41) is 11.7. The van der Waals surface area contributed by atoms with Gasteiger partial charge in [-0.2, -0.15) is 4.37 Å². The predicted molar refractivity (Wildman–Crippen MR) is 131 cm³/mol. The van der Waals surface area contributed by atoms with Crippen molar-refractivity contribution >= 4 is 29.1 Å². The van der Waals surface area contributed by atoms with Crippen LogP contribution in [0.25, 0.3) is 21.6 Å². The lowest BCUT2D eigenvalue weighted by Gasteiger charge is -2.15. The molecule has 35 heavy (non-hydrogen) atoms. The van der Waals surface area contributed by atoms with Gasteiger partial charge in [-0.1, -0.05) is 6.07 Å². The molecule has 1 heterocycles. The molecule has 0 saturated carbocycles. The van der Waals surface area contributed by atoms with Gasteiger partial charge in [0.25, 0.3) is 5.91 Å². The van der Waals surface area contributed by atoms with E-state index in [0.717, 1.165) is 21.6 Å². The predicted octanol–water partition coefficient (Wildman–Crippen LogP) is 2.93. The van der Waals surface area contributed by atoms with E-state index in [2.05, 4.69) is 15.4 Å². The zero-order chi connectivity index (χ0) is 25.5. The summed E-state index contributed by atoms with van der Waals surface area (Å²) in [6.07, 6.45) is 1.73. The van der Waals surface area contributed by atoms with Crippen LogP contribution in [0, 0.1) is 0 Å². The van der Waals surface area contributed by atoms with Gasteiger partial charge in [-0.25, -0.2) is 0 Å². The molecule has 0 spiro atoms. The Hall–Kier alpha value is -3.83. The Kier molecular flexibility index (Phi) is 8.50. The number of hydrogen-bond acceptors (Lipinski definition) is 8. The Labute approximate surface area is 206 Å². The summed E-state index contributed by atoms with van der Waals surface area (Å²) >= 11 is 1.31. The third kappa shape index (κ3) is 5.81. The SMILES string of the molecule is COc1ccc(-c2cnsc2-c2cc(OC)c(OC)c(OC)c2)cc1NC(=O)[C@H]([NH3+])CCC(=O)O. The molecule has 10 nitrogen and oxygen atoms in total. The van der Waals surface area contributed by atoms with Crippen molar-refractivity contribution in [3.63, 3.8) is 0 Å². The number of amides is 1. The smallest absolute Gasteiger partial charge is 0.303 e. The Bertz CT molecular complexity index is 1190.